The van der Waals surface area contributed by atoms with Crippen LogP contribution in [-0.2, 0) is 17.8 Å². The Kier molecular flexibility index (Phi) is 7.58. The quantitative estimate of drug-likeness (QED) is 0.480. The summed E-state index contributed by atoms with van der Waals surface area (Å²) in [6.45, 7) is 6.37. The molecular formula is C27H38N6O2. The second-order valence-electron chi connectivity index (χ2n) is 10.3. The van der Waals surface area contributed by atoms with Crippen molar-refractivity contribution in [1.29, 1.82) is 0 Å². The lowest BCUT2D eigenvalue weighted by atomic mass is 9.91. The van der Waals surface area contributed by atoms with E-state index in [0.717, 1.165) is 73.0 Å². The van der Waals surface area contributed by atoms with Gasteiger partial charge in [0, 0.05) is 30.3 Å². The molecular weight excluding hydrogens is 440 g/mol. The van der Waals surface area contributed by atoms with E-state index in [2.05, 4.69) is 50.5 Å². The first kappa shape index (κ1) is 24.1. The highest BCUT2D eigenvalue weighted by molar-refractivity contribution is 5.79. The van der Waals surface area contributed by atoms with Crippen LogP contribution in [0.1, 0.15) is 87.7 Å². The minimum absolute atomic E-state index is 0.00175. The molecule has 8 nitrogen and oxygen atoms in total. The first-order chi connectivity index (χ1) is 17.1. The van der Waals surface area contributed by atoms with Crippen molar-refractivity contribution in [2.75, 3.05) is 6.61 Å². The zero-order valence-electron chi connectivity index (χ0n) is 21.1. The molecule has 35 heavy (non-hydrogen) atoms. The molecule has 188 valence electrons. The summed E-state index contributed by atoms with van der Waals surface area (Å²) in [6.07, 6.45) is 10.3. The summed E-state index contributed by atoms with van der Waals surface area (Å²) in [6, 6.07) is 8.79. The van der Waals surface area contributed by atoms with E-state index in [1.54, 1.807) is 0 Å². The van der Waals surface area contributed by atoms with E-state index in [1.807, 2.05) is 17.7 Å². The molecule has 2 fully saturated rings. The van der Waals surface area contributed by atoms with Gasteiger partial charge in [0.15, 0.2) is 5.82 Å². The highest BCUT2D eigenvalue weighted by atomic mass is 16.5. The molecule has 2 aromatic heterocycles. The van der Waals surface area contributed by atoms with Gasteiger partial charge < -0.3 is 9.72 Å². The van der Waals surface area contributed by atoms with Gasteiger partial charge in [0.25, 0.3) is 5.56 Å². The van der Waals surface area contributed by atoms with Gasteiger partial charge in [-0.2, -0.15) is 0 Å². The SMILES string of the molecule is CCCC(c1nnnn1CC1CCCO1)N(Cc1cc2ccc(C)cc2[nH]c1=O)C1CCCCC1. The molecule has 1 saturated heterocycles. The predicted octanol–water partition coefficient (Wildman–Crippen LogP) is 4.68. The maximum atomic E-state index is 13.2. The third-order valence-electron chi connectivity index (χ3n) is 7.70. The van der Waals surface area contributed by atoms with Gasteiger partial charge in [-0.1, -0.05) is 44.7 Å². The van der Waals surface area contributed by atoms with Crippen LogP contribution in [0.5, 0.6) is 0 Å². The summed E-state index contributed by atoms with van der Waals surface area (Å²) >= 11 is 0. The number of aromatic nitrogens is 5. The first-order valence-electron chi connectivity index (χ1n) is 13.4. The van der Waals surface area contributed by atoms with Gasteiger partial charge in [-0.05, 0) is 72.5 Å². The Labute approximate surface area is 207 Å². The van der Waals surface area contributed by atoms with Crippen LogP contribution in [0.2, 0.25) is 0 Å². The van der Waals surface area contributed by atoms with Crippen molar-refractivity contribution in [2.24, 2.45) is 0 Å². The fourth-order valence-electron chi connectivity index (χ4n) is 5.86. The first-order valence-corrected chi connectivity index (χ1v) is 13.4. The number of ether oxygens (including phenoxy) is 1. The fraction of sp³-hybridized carbons (Fsp3) is 0.630. The van der Waals surface area contributed by atoms with E-state index in [0.29, 0.717) is 19.1 Å². The van der Waals surface area contributed by atoms with Gasteiger partial charge in [-0.3, -0.25) is 9.69 Å². The number of hydrogen-bond acceptors (Lipinski definition) is 6. The molecule has 3 aromatic rings. The van der Waals surface area contributed by atoms with Gasteiger partial charge in [-0.25, -0.2) is 4.68 Å². The molecule has 2 aliphatic rings. The molecule has 1 aliphatic carbocycles. The maximum Gasteiger partial charge on any atom is 0.252 e. The smallest absolute Gasteiger partial charge is 0.252 e. The molecule has 0 bridgehead atoms. The Morgan fingerprint density at radius 3 is 2.80 bits per heavy atom. The Balaban J connectivity index is 1.50. The van der Waals surface area contributed by atoms with Crippen molar-refractivity contribution in [2.45, 2.75) is 103 Å². The molecule has 1 saturated carbocycles. The van der Waals surface area contributed by atoms with Crippen molar-refractivity contribution < 1.29 is 4.74 Å². The van der Waals surface area contributed by atoms with E-state index < -0.39 is 0 Å². The van der Waals surface area contributed by atoms with E-state index in [9.17, 15) is 4.79 Å². The molecule has 0 spiro atoms. The van der Waals surface area contributed by atoms with Crippen LogP contribution in [-0.4, -0.2) is 48.8 Å². The van der Waals surface area contributed by atoms with Gasteiger partial charge in [0.05, 0.1) is 18.7 Å². The number of tetrazole rings is 1. The minimum atomic E-state index is -0.00175. The van der Waals surface area contributed by atoms with Crippen LogP contribution in [0.15, 0.2) is 29.1 Å². The largest absolute Gasteiger partial charge is 0.376 e. The molecule has 0 amide bonds. The predicted molar refractivity (Wildman–Crippen MR) is 136 cm³/mol. The third kappa shape index (κ3) is 5.48. The number of hydrogen-bond donors (Lipinski definition) is 1. The number of aromatic amines is 1. The van der Waals surface area contributed by atoms with Crippen molar-refractivity contribution in [1.82, 2.24) is 30.1 Å². The van der Waals surface area contributed by atoms with Crippen molar-refractivity contribution in [3.8, 4) is 0 Å². The topological polar surface area (TPSA) is 88.9 Å². The van der Waals surface area contributed by atoms with Crippen LogP contribution >= 0.6 is 0 Å². The average Bonchev–Trinajstić information content (AvgIpc) is 3.55. The number of benzene rings is 1. The third-order valence-corrected chi connectivity index (χ3v) is 7.70. The van der Waals surface area contributed by atoms with Crippen molar-refractivity contribution >= 4 is 10.9 Å². The fourth-order valence-corrected chi connectivity index (χ4v) is 5.86. The van der Waals surface area contributed by atoms with E-state index >= 15 is 0 Å². The lowest BCUT2D eigenvalue weighted by Gasteiger charge is -2.39. The van der Waals surface area contributed by atoms with Gasteiger partial charge >= 0.3 is 0 Å². The average molecular weight is 479 g/mol. The molecule has 5 rings (SSSR count). The van der Waals surface area contributed by atoms with E-state index in [1.165, 1.54) is 19.3 Å². The Morgan fingerprint density at radius 1 is 1.17 bits per heavy atom. The summed E-state index contributed by atoms with van der Waals surface area (Å²) in [4.78, 5) is 18.8. The second kappa shape index (κ2) is 11.0. The van der Waals surface area contributed by atoms with Crippen LogP contribution in [0, 0.1) is 6.92 Å². The van der Waals surface area contributed by atoms with E-state index in [-0.39, 0.29) is 17.7 Å². The zero-order valence-corrected chi connectivity index (χ0v) is 21.1. The summed E-state index contributed by atoms with van der Waals surface area (Å²) in [5, 5.41) is 14.1. The van der Waals surface area contributed by atoms with Crippen LogP contribution in [0.4, 0.5) is 0 Å². The van der Waals surface area contributed by atoms with Gasteiger partial charge in [-0.15, -0.1) is 5.10 Å². The van der Waals surface area contributed by atoms with Crippen LogP contribution in [0.25, 0.3) is 10.9 Å². The molecule has 1 aromatic carbocycles. The monoisotopic (exact) mass is 478 g/mol. The minimum Gasteiger partial charge on any atom is -0.376 e. The van der Waals surface area contributed by atoms with Crippen LogP contribution in [0.3, 0.4) is 0 Å². The summed E-state index contributed by atoms with van der Waals surface area (Å²) < 4.78 is 7.84. The summed E-state index contributed by atoms with van der Waals surface area (Å²) in [5.74, 6) is 0.903. The molecule has 2 unspecified atom stereocenters. The number of nitrogens with one attached hydrogen (secondary N) is 1. The van der Waals surface area contributed by atoms with Gasteiger partial charge in [0.1, 0.15) is 0 Å². The molecule has 1 N–H and O–H groups in total. The molecule has 2 atom stereocenters. The number of aryl methyl sites for hydroxylation is 1. The Hall–Kier alpha value is -2.58. The Bertz CT molecular complexity index is 1180. The normalized spacial score (nSPS) is 20.1. The molecule has 0 radical (unpaired) electrons. The number of H-pyrrole nitrogens is 1. The molecule has 3 heterocycles. The second-order valence-corrected chi connectivity index (χ2v) is 10.3. The zero-order chi connectivity index (χ0) is 24.2. The van der Waals surface area contributed by atoms with Gasteiger partial charge in [0.2, 0.25) is 0 Å². The number of pyridine rings is 1. The highest BCUT2D eigenvalue weighted by Gasteiger charge is 2.33. The summed E-state index contributed by atoms with van der Waals surface area (Å²) in [7, 11) is 0. The Morgan fingerprint density at radius 2 is 2.03 bits per heavy atom. The van der Waals surface area contributed by atoms with Crippen LogP contribution < -0.4 is 5.56 Å². The van der Waals surface area contributed by atoms with E-state index in [4.69, 9.17) is 4.74 Å². The number of rotatable bonds is 9. The highest BCUT2D eigenvalue weighted by Crippen LogP contribution is 2.34. The number of fused-ring (bicyclic) bond motifs is 1. The van der Waals surface area contributed by atoms with Crippen molar-refractivity contribution in [3.05, 3.63) is 51.6 Å². The molecule has 1 aliphatic heterocycles. The number of nitrogens with zero attached hydrogens (tertiary/aromatic N) is 5. The summed E-state index contributed by atoms with van der Waals surface area (Å²) in [5.41, 5.74) is 2.85. The van der Waals surface area contributed by atoms with Crippen molar-refractivity contribution in [3.63, 3.8) is 0 Å². The lowest BCUT2D eigenvalue weighted by Crippen LogP contribution is -2.41. The maximum absolute atomic E-state index is 13.2. The standard InChI is InChI=1S/C27H38N6O2/c1-3-8-25(26-29-30-31-33(26)18-23-11-7-14-35-23)32(22-9-5-4-6-10-22)17-21-16-20-13-12-19(2)15-24(20)28-27(21)34/h12-13,15-16,22-23,25H,3-11,14,17-18H2,1-2H3,(H,28,34). The molecule has 8 heteroatoms. The lowest BCUT2D eigenvalue weighted by molar-refractivity contribution is 0.0713.